The molecule has 2 bridgehead atoms. The van der Waals surface area contributed by atoms with Gasteiger partial charge in [0.15, 0.2) is 24.5 Å². The third kappa shape index (κ3) is 7.26. The van der Waals surface area contributed by atoms with Crippen LogP contribution < -0.4 is 0 Å². The smallest absolute Gasteiger partial charge is 0.332 e. The number of hydrogen-bond donors (Lipinski definition) is 1. The molecule has 1 N–H and O–H groups in total. The summed E-state index contributed by atoms with van der Waals surface area (Å²) in [6, 6.07) is 0. The van der Waals surface area contributed by atoms with Crippen molar-refractivity contribution in [2.24, 2.45) is 23.7 Å². The van der Waals surface area contributed by atoms with E-state index in [1.54, 1.807) is 0 Å². The molecule has 4 heterocycles. The van der Waals surface area contributed by atoms with E-state index < -0.39 is 24.2 Å². The van der Waals surface area contributed by atoms with Crippen molar-refractivity contribution in [1.82, 2.24) is 0 Å². The summed E-state index contributed by atoms with van der Waals surface area (Å²) < 4.78 is 39.1. The van der Waals surface area contributed by atoms with Gasteiger partial charge in [-0.25, -0.2) is 4.79 Å². The van der Waals surface area contributed by atoms with E-state index in [-0.39, 0.29) is 36.4 Å². The van der Waals surface area contributed by atoms with Crippen molar-refractivity contribution in [2.75, 3.05) is 13.2 Å². The molecule has 6 aliphatic rings. The Kier molecular flexibility index (Phi) is 10.6. The molecule has 11 atom stereocenters. The van der Waals surface area contributed by atoms with Crippen molar-refractivity contribution in [2.45, 2.75) is 159 Å². The van der Waals surface area contributed by atoms with Crippen LogP contribution in [0, 0.1) is 23.7 Å². The summed E-state index contributed by atoms with van der Waals surface area (Å²) in [5.74, 6) is -0.849. The third-order valence-corrected chi connectivity index (χ3v) is 10.9. The van der Waals surface area contributed by atoms with Crippen molar-refractivity contribution in [3.63, 3.8) is 0 Å². The second-order valence-electron chi connectivity index (χ2n) is 13.9. The van der Waals surface area contributed by atoms with Gasteiger partial charge in [-0.05, 0) is 101 Å². The van der Waals surface area contributed by atoms with Gasteiger partial charge in [0.1, 0.15) is 0 Å². The average Bonchev–Trinajstić information content (AvgIpc) is 3.70. The quantitative estimate of drug-likeness (QED) is 0.295. The first kappa shape index (κ1) is 31.0. The number of aliphatic carboxylic acids is 1. The number of carboxylic acid groups (broad SMARTS) is 1. The van der Waals surface area contributed by atoms with Crippen LogP contribution in [0.4, 0.5) is 0 Å². The SMILES string of the molecule is CCCCC1CCC(C2(OC3CCCCO3)/C=C/[C@H]3[C@H](OC4CCCCO4)CC4OC(CCCC(C(=O)O)O2)C[C@@H]43)C1. The predicted molar refractivity (Wildman–Crippen MR) is 157 cm³/mol. The van der Waals surface area contributed by atoms with Gasteiger partial charge in [-0.1, -0.05) is 32.3 Å². The van der Waals surface area contributed by atoms with E-state index in [9.17, 15) is 9.90 Å². The molecule has 2 saturated carbocycles. The molecular formula is C34H54O8. The van der Waals surface area contributed by atoms with E-state index in [1.807, 2.05) is 0 Å². The van der Waals surface area contributed by atoms with Gasteiger partial charge in [-0.15, -0.1) is 0 Å². The Hall–Kier alpha value is -1.03. The van der Waals surface area contributed by atoms with E-state index in [0.717, 1.165) is 90.1 Å². The summed E-state index contributed by atoms with van der Waals surface area (Å²) in [4.78, 5) is 12.6. The molecule has 0 spiro atoms. The van der Waals surface area contributed by atoms with Crippen LogP contribution in [0.25, 0.3) is 0 Å². The Balaban J connectivity index is 1.33. The monoisotopic (exact) mass is 590 g/mol. The molecule has 4 aliphatic heterocycles. The van der Waals surface area contributed by atoms with Crippen molar-refractivity contribution in [1.29, 1.82) is 0 Å². The predicted octanol–water partition coefficient (Wildman–Crippen LogP) is 6.75. The van der Waals surface area contributed by atoms with E-state index in [0.29, 0.717) is 24.9 Å². The first-order chi connectivity index (χ1) is 20.5. The lowest BCUT2D eigenvalue weighted by Gasteiger charge is -2.42. The van der Waals surface area contributed by atoms with E-state index in [1.165, 1.54) is 19.3 Å². The zero-order valence-electron chi connectivity index (χ0n) is 25.7. The maximum absolute atomic E-state index is 12.6. The van der Waals surface area contributed by atoms with E-state index >= 15 is 0 Å². The minimum absolute atomic E-state index is 0.00280. The number of rotatable bonds is 9. The van der Waals surface area contributed by atoms with Crippen LogP contribution in [0.3, 0.4) is 0 Å². The van der Waals surface area contributed by atoms with Crippen molar-refractivity contribution in [3.8, 4) is 0 Å². The number of carboxylic acids is 1. The minimum Gasteiger partial charge on any atom is -0.479 e. The Bertz CT molecular complexity index is 898. The Morgan fingerprint density at radius 3 is 2.48 bits per heavy atom. The second kappa shape index (κ2) is 14.4. The zero-order valence-corrected chi connectivity index (χ0v) is 25.7. The molecule has 0 radical (unpaired) electrons. The number of ether oxygens (including phenoxy) is 6. The first-order valence-corrected chi connectivity index (χ1v) is 17.3. The molecule has 8 heteroatoms. The number of hydrogen-bond acceptors (Lipinski definition) is 7. The van der Waals surface area contributed by atoms with Gasteiger partial charge in [0.2, 0.25) is 0 Å². The number of unbranched alkanes of at least 4 members (excludes halogenated alkanes) is 1. The fraction of sp³-hybridized carbons (Fsp3) is 0.912. The standard InChI is InChI=1S/C34H54O8/c1-2-3-9-23-14-15-24(20-23)34(42-32-13-5-7-19-38-32)17-16-26-27-21-25(10-8-11-28(41-34)33(35)36)39-30(27)22-29(26)40-31-12-4-6-18-37-31/h16-17,23-32H,2-15,18-22H2,1H3,(H,35,36)/b17-16+/t23?,24?,25?,26-,27-,28?,29-,30?,31?,32?,34?/m1/s1. The summed E-state index contributed by atoms with van der Waals surface area (Å²) in [5.41, 5.74) is 0. The minimum atomic E-state index is -1.14. The van der Waals surface area contributed by atoms with Gasteiger partial charge in [-0.3, -0.25) is 0 Å². The first-order valence-electron chi connectivity index (χ1n) is 17.3. The molecule has 8 unspecified atom stereocenters. The lowest BCUT2D eigenvalue weighted by Crippen LogP contribution is -2.49. The van der Waals surface area contributed by atoms with Crippen LogP contribution >= 0.6 is 0 Å². The van der Waals surface area contributed by atoms with Gasteiger partial charge in [0.25, 0.3) is 0 Å². The highest BCUT2D eigenvalue weighted by atomic mass is 16.8. The third-order valence-electron chi connectivity index (χ3n) is 10.9. The summed E-state index contributed by atoms with van der Waals surface area (Å²) in [6.45, 7) is 3.67. The Labute approximate surface area is 252 Å². The lowest BCUT2D eigenvalue weighted by molar-refractivity contribution is -0.324. The van der Waals surface area contributed by atoms with Crippen molar-refractivity contribution < 1.29 is 38.3 Å². The maximum Gasteiger partial charge on any atom is 0.332 e. The normalized spacial score (nSPS) is 45.3. The van der Waals surface area contributed by atoms with Crippen LogP contribution in [-0.4, -0.2) is 67.1 Å². The highest BCUT2D eigenvalue weighted by Crippen LogP contribution is 2.50. The van der Waals surface area contributed by atoms with Crippen LogP contribution in [0.1, 0.15) is 116 Å². The molecule has 0 aromatic heterocycles. The summed E-state index contributed by atoms with van der Waals surface area (Å²) >= 11 is 0. The molecule has 3 saturated heterocycles. The Morgan fingerprint density at radius 2 is 1.74 bits per heavy atom. The van der Waals surface area contributed by atoms with E-state index in [4.69, 9.17) is 28.4 Å². The van der Waals surface area contributed by atoms with Gasteiger partial charge < -0.3 is 33.5 Å². The highest BCUT2D eigenvalue weighted by molar-refractivity contribution is 5.72. The summed E-state index contributed by atoms with van der Waals surface area (Å²) in [7, 11) is 0. The van der Waals surface area contributed by atoms with Gasteiger partial charge in [-0.2, -0.15) is 0 Å². The lowest BCUT2D eigenvalue weighted by atomic mass is 9.86. The van der Waals surface area contributed by atoms with Crippen molar-refractivity contribution >= 4 is 5.97 Å². The van der Waals surface area contributed by atoms with Gasteiger partial charge >= 0.3 is 5.97 Å². The molecule has 0 amide bonds. The topological polar surface area (TPSA) is 92.7 Å². The molecule has 6 rings (SSSR count). The van der Waals surface area contributed by atoms with Crippen LogP contribution in [0.5, 0.6) is 0 Å². The van der Waals surface area contributed by atoms with Gasteiger partial charge in [0, 0.05) is 31.5 Å². The average molecular weight is 591 g/mol. The fourth-order valence-corrected chi connectivity index (χ4v) is 8.64. The molecule has 8 nitrogen and oxygen atoms in total. The molecule has 2 aliphatic carbocycles. The summed E-state index contributed by atoms with van der Waals surface area (Å²) in [6.07, 6.45) is 19.9. The van der Waals surface area contributed by atoms with Crippen LogP contribution in [0.15, 0.2) is 12.2 Å². The number of carbonyl (C=O) groups is 1. The molecule has 5 fully saturated rings. The molecule has 42 heavy (non-hydrogen) atoms. The molecule has 0 aromatic rings. The van der Waals surface area contributed by atoms with Crippen LogP contribution in [-0.2, 0) is 33.2 Å². The Morgan fingerprint density at radius 1 is 0.929 bits per heavy atom. The van der Waals surface area contributed by atoms with Gasteiger partial charge in [0.05, 0.1) is 18.3 Å². The molecular weight excluding hydrogens is 536 g/mol. The molecule has 238 valence electrons. The zero-order chi connectivity index (χ0) is 28.9. The number of fused-ring (bicyclic) bond motifs is 1. The maximum atomic E-state index is 12.6. The fourth-order valence-electron chi connectivity index (χ4n) is 8.64. The largest absolute Gasteiger partial charge is 0.479 e. The van der Waals surface area contributed by atoms with Crippen molar-refractivity contribution in [3.05, 3.63) is 12.2 Å². The summed E-state index contributed by atoms with van der Waals surface area (Å²) in [5, 5.41) is 10.4. The second-order valence-corrected chi connectivity index (χ2v) is 13.9. The van der Waals surface area contributed by atoms with E-state index in [2.05, 4.69) is 19.1 Å². The van der Waals surface area contributed by atoms with Crippen LogP contribution in [0.2, 0.25) is 0 Å². The highest BCUT2D eigenvalue weighted by Gasteiger charge is 2.52. The molecule has 0 aromatic carbocycles.